The Morgan fingerprint density at radius 3 is 2.96 bits per heavy atom. The van der Waals surface area contributed by atoms with Gasteiger partial charge < -0.3 is 22.1 Å². The van der Waals surface area contributed by atoms with Crippen molar-refractivity contribution in [2.75, 3.05) is 23.7 Å². The number of hydrogen-bond donors (Lipinski definition) is 3. The van der Waals surface area contributed by atoms with E-state index in [2.05, 4.69) is 20.0 Å². The van der Waals surface area contributed by atoms with Gasteiger partial charge in [0.15, 0.2) is 10.8 Å². The van der Waals surface area contributed by atoms with Crippen molar-refractivity contribution >= 4 is 34.3 Å². The molecule has 10 heteroatoms. The van der Waals surface area contributed by atoms with Crippen LogP contribution in [0.3, 0.4) is 0 Å². The number of carbonyl (C=O) groups is 1. The molecule has 6 N–H and O–H groups in total. The Morgan fingerprint density at radius 1 is 1.40 bits per heavy atom. The summed E-state index contributed by atoms with van der Waals surface area (Å²) in [6.07, 6.45) is 3.43. The van der Waals surface area contributed by atoms with Crippen LogP contribution in [-0.4, -0.2) is 44.6 Å². The molecule has 9 nitrogen and oxygen atoms in total. The molecule has 0 spiro atoms. The zero-order valence-corrected chi connectivity index (χ0v) is 14.2. The number of rotatable bonds is 3. The van der Waals surface area contributed by atoms with Crippen LogP contribution in [-0.2, 0) is 0 Å². The molecule has 0 unspecified atom stereocenters. The molecule has 0 bridgehead atoms. The topological polar surface area (TPSA) is 141 Å². The number of nitrogens with two attached hydrogens (primary N) is 3. The zero-order chi connectivity index (χ0) is 17.6. The molecule has 0 aliphatic carbocycles. The Kier molecular flexibility index (Phi) is 3.77. The van der Waals surface area contributed by atoms with E-state index >= 15 is 0 Å². The molecule has 0 aromatic carbocycles. The maximum atomic E-state index is 11.3. The molecule has 1 aliphatic heterocycles. The predicted octanol–water partition coefficient (Wildman–Crippen LogP) is 0.461. The van der Waals surface area contributed by atoms with E-state index in [9.17, 15) is 4.79 Å². The van der Waals surface area contributed by atoms with E-state index in [4.69, 9.17) is 17.2 Å². The van der Waals surface area contributed by atoms with Gasteiger partial charge in [-0.3, -0.25) is 4.79 Å². The van der Waals surface area contributed by atoms with Gasteiger partial charge in [-0.2, -0.15) is 5.10 Å². The van der Waals surface area contributed by atoms with E-state index in [1.165, 1.54) is 17.7 Å². The fourth-order valence-electron chi connectivity index (χ4n) is 3.21. The van der Waals surface area contributed by atoms with E-state index in [1.54, 1.807) is 9.90 Å². The highest BCUT2D eigenvalue weighted by molar-refractivity contribution is 7.12. The number of amides is 1. The molecule has 130 valence electrons. The largest absolute Gasteiger partial charge is 0.382 e. The van der Waals surface area contributed by atoms with Gasteiger partial charge in [0.25, 0.3) is 5.91 Å². The summed E-state index contributed by atoms with van der Waals surface area (Å²) in [5.74, 6) is -0.158. The number of anilines is 2. The van der Waals surface area contributed by atoms with Crippen LogP contribution in [0.2, 0.25) is 0 Å². The molecular formula is C15H18N8OS. The second-order valence-corrected chi connectivity index (χ2v) is 6.93. The third-order valence-electron chi connectivity index (χ3n) is 4.34. The maximum absolute atomic E-state index is 11.3. The summed E-state index contributed by atoms with van der Waals surface area (Å²) in [6.45, 7) is 1.64. The van der Waals surface area contributed by atoms with Crippen molar-refractivity contribution in [3.63, 3.8) is 0 Å². The monoisotopic (exact) mass is 358 g/mol. The van der Waals surface area contributed by atoms with Crippen molar-refractivity contribution in [1.29, 1.82) is 0 Å². The molecule has 3 aromatic rings. The molecule has 1 amide bonds. The highest BCUT2D eigenvalue weighted by Crippen LogP contribution is 2.35. The van der Waals surface area contributed by atoms with Crippen LogP contribution < -0.4 is 22.1 Å². The summed E-state index contributed by atoms with van der Waals surface area (Å²) in [7, 11) is 0. The number of primary amides is 1. The standard InChI is InChI=1S/C15H18N8OS/c16-8-2-1-3-22(5-8)11-4-10(9-6-25-15(21-9)14(18)24)23-12(11)13(17)19-7-20-23/h4,6-8H,1-3,5,16H2,(H2,18,24)(H2,17,19,20)/t8-/m1/s1. The number of nitrogens with zero attached hydrogens (tertiary/aromatic N) is 5. The molecule has 1 atom stereocenters. The predicted molar refractivity (Wildman–Crippen MR) is 96.4 cm³/mol. The van der Waals surface area contributed by atoms with E-state index in [0.29, 0.717) is 11.5 Å². The van der Waals surface area contributed by atoms with E-state index < -0.39 is 5.91 Å². The van der Waals surface area contributed by atoms with E-state index in [0.717, 1.165) is 42.8 Å². The van der Waals surface area contributed by atoms with Gasteiger partial charge >= 0.3 is 0 Å². The minimum Gasteiger partial charge on any atom is -0.382 e. The smallest absolute Gasteiger partial charge is 0.277 e. The maximum Gasteiger partial charge on any atom is 0.277 e. The average Bonchev–Trinajstić information content (AvgIpc) is 3.20. The third kappa shape index (κ3) is 2.68. The van der Waals surface area contributed by atoms with E-state index in [1.807, 2.05) is 6.07 Å². The first-order valence-corrected chi connectivity index (χ1v) is 8.81. The molecule has 0 saturated carbocycles. The van der Waals surface area contributed by atoms with Crippen molar-refractivity contribution in [1.82, 2.24) is 19.6 Å². The lowest BCUT2D eigenvalue weighted by atomic mass is 10.1. The van der Waals surface area contributed by atoms with Crippen LogP contribution in [0.4, 0.5) is 11.5 Å². The first-order chi connectivity index (χ1) is 12.0. The van der Waals surface area contributed by atoms with Gasteiger partial charge in [0.1, 0.15) is 17.5 Å². The average molecular weight is 358 g/mol. The molecule has 1 saturated heterocycles. The molecule has 1 fully saturated rings. The SMILES string of the molecule is NC(=O)c1nc(-c2cc(N3CCC[C@@H](N)C3)c3c(N)ncnn23)cs1. The second-order valence-electron chi connectivity index (χ2n) is 6.07. The summed E-state index contributed by atoms with van der Waals surface area (Å²) >= 11 is 1.20. The number of carbonyl (C=O) groups excluding carboxylic acids is 1. The second kappa shape index (κ2) is 5.97. The lowest BCUT2D eigenvalue weighted by Crippen LogP contribution is -2.42. The normalized spacial score (nSPS) is 18.0. The summed E-state index contributed by atoms with van der Waals surface area (Å²) in [6, 6.07) is 2.09. The molecule has 3 aromatic heterocycles. The van der Waals surface area contributed by atoms with Gasteiger partial charge in [0.2, 0.25) is 0 Å². The highest BCUT2D eigenvalue weighted by atomic mass is 32.1. The van der Waals surface area contributed by atoms with Crippen LogP contribution in [0.15, 0.2) is 17.8 Å². The third-order valence-corrected chi connectivity index (χ3v) is 5.20. The van der Waals surface area contributed by atoms with Crippen molar-refractivity contribution in [3.05, 3.63) is 22.8 Å². The van der Waals surface area contributed by atoms with E-state index in [-0.39, 0.29) is 11.0 Å². The number of aromatic nitrogens is 4. The fraction of sp³-hybridized carbons (Fsp3) is 0.333. The number of hydrogen-bond acceptors (Lipinski definition) is 8. The van der Waals surface area contributed by atoms with Crippen LogP contribution in [0.25, 0.3) is 16.9 Å². The van der Waals surface area contributed by atoms with Crippen LogP contribution in [0.1, 0.15) is 22.6 Å². The Hall–Kier alpha value is -2.72. The number of piperidine rings is 1. The number of nitrogen functional groups attached to an aromatic ring is 1. The highest BCUT2D eigenvalue weighted by Gasteiger charge is 2.24. The summed E-state index contributed by atoms with van der Waals surface area (Å²) < 4.78 is 1.71. The van der Waals surface area contributed by atoms with Crippen molar-refractivity contribution in [3.8, 4) is 11.4 Å². The molecule has 25 heavy (non-hydrogen) atoms. The molecular weight excluding hydrogens is 340 g/mol. The first-order valence-electron chi connectivity index (χ1n) is 7.93. The Balaban J connectivity index is 1.87. The number of fused-ring (bicyclic) bond motifs is 1. The van der Waals surface area contributed by atoms with Crippen molar-refractivity contribution < 1.29 is 4.79 Å². The van der Waals surface area contributed by atoms with Crippen LogP contribution in [0.5, 0.6) is 0 Å². The Bertz CT molecular complexity index is 948. The number of thiazole rings is 1. The molecule has 4 rings (SSSR count). The van der Waals surface area contributed by atoms with Gasteiger partial charge in [-0.25, -0.2) is 14.5 Å². The first kappa shape index (κ1) is 15.8. The van der Waals surface area contributed by atoms with Crippen molar-refractivity contribution in [2.24, 2.45) is 11.5 Å². The van der Waals surface area contributed by atoms with Gasteiger partial charge in [0.05, 0.1) is 11.4 Å². The Labute approximate surface area is 147 Å². The summed E-state index contributed by atoms with van der Waals surface area (Å²) in [5, 5.41) is 6.36. The van der Waals surface area contributed by atoms with Crippen molar-refractivity contribution in [2.45, 2.75) is 18.9 Å². The minimum atomic E-state index is -0.548. The van der Waals surface area contributed by atoms with Crippen LogP contribution in [0, 0.1) is 0 Å². The molecule has 4 heterocycles. The molecule has 1 aliphatic rings. The minimum absolute atomic E-state index is 0.124. The summed E-state index contributed by atoms with van der Waals surface area (Å²) in [5.41, 5.74) is 20.6. The quantitative estimate of drug-likeness (QED) is 0.617. The van der Waals surface area contributed by atoms with Crippen LogP contribution >= 0.6 is 11.3 Å². The summed E-state index contributed by atoms with van der Waals surface area (Å²) in [4.78, 5) is 22.0. The van der Waals surface area contributed by atoms with Gasteiger partial charge in [-0.1, -0.05) is 0 Å². The fourth-order valence-corrected chi connectivity index (χ4v) is 3.87. The van der Waals surface area contributed by atoms with Gasteiger partial charge in [-0.15, -0.1) is 11.3 Å². The Morgan fingerprint density at radius 2 is 2.24 bits per heavy atom. The molecule has 0 radical (unpaired) electrons. The zero-order valence-electron chi connectivity index (χ0n) is 13.4. The lowest BCUT2D eigenvalue weighted by molar-refractivity contribution is 0.1000. The lowest BCUT2D eigenvalue weighted by Gasteiger charge is -2.32. The van der Waals surface area contributed by atoms with Gasteiger partial charge in [-0.05, 0) is 18.9 Å². The van der Waals surface area contributed by atoms with Gasteiger partial charge in [0, 0.05) is 24.5 Å².